The van der Waals surface area contributed by atoms with Crippen molar-refractivity contribution in [3.05, 3.63) is 60.6 Å². The van der Waals surface area contributed by atoms with Gasteiger partial charge in [0.2, 0.25) is 5.91 Å². The third-order valence-corrected chi connectivity index (χ3v) is 5.33. The smallest absolute Gasteiger partial charge is 0.251 e. The molecule has 0 aliphatic carbocycles. The fourth-order valence-corrected chi connectivity index (χ4v) is 3.64. The van der Waals surface area contributed by atoms with Crippen LogP contribution in [0.5, 0.6) is 0 Å². The minimum Gasteiger partial charge on any atom is -0.361 e. The summed E-state index contributed by atoms with van der Waals surface area (Å²) in [6, 6.07) is 10.7. The Balaban J connectivity index is 1.49. The van der Waals surface area contributed by atoms with E-state index in [0.29, 0.717) is 17.3 Å². The average molecular weight is 393 g/mol. The molecule has 3 aromatic rings. The van der Waals surface area contributed by atoms with E-state index in [1.807, 2.05) is 42.6 Å². The maximum atomic E-state index is 12.6. The van der Waals surface area contributed by atoms with Crippen molar-refractivity contribution in [2.75, 3.05) is 12.4 Å². The molecule has 28 heavy (non-hydrogen) atoms. The van der Waals surface area contributed by atoms with E-state index in [1.165, 1.54) is 4.90 Å². The van der Waals surface area contributed by atoms with Gasteiger partial charge in [-0.05, 0) is 47.4 Å². The van der Waals surface area contributed by atoms with Crippen LogP contribution in [0.15, 0.2) is 55.0 Å². The molecule has 8 heteroatoms. The molecular formula is C20H19N5O2S. The topological polar surface area (TPSA) is 81.3 Å². The molecule has 1 aliphatic heterocycles. The predicted octanol–water partition coefficient (Wildman–Crippen LogP) is 2.52. The van der Waals surface area contributed by atoms with Crippen LogP contribution in [0.4, 0.5) is 5.69 Å². The zero-order valence-electron chi connectivity index (χ0n) is 15.3. The summed E-state index contributed by atoms with van der Waals surface area (Å²) in [6.07, 6.45) is 5.29. The fourth-order valence-electron chi connectivity index (χ4n) is 3.35. The van der Waals surface area contributed by atoms with Gasteiger partial charge in [0.15, 0.2) is 5.11 Å². The van der Waals surface area contributed by atoms with Crippen LogP contribution in [0, 0.1) is 0 Å². The maximum Gasteiger partial charge on any atom is 0.251 e. The summed E-state index contributed by atoms with van der Waals surface area (Å²) < 4.78 is 0. The summed E-state index contributed by atoms with van der Waals surface area (Å²) >= 11 is 5.42. The van der Waals surface area contributed by atoms with Crippen LogP contribution in [-0.2, 0) is 16.1 Å². The summed E-state index contributed by atoms with van der Waals surface area (Å²) in [4.78, 5) is 35.7. The number of anilines is 1. The predicted molar refractivity (Wildman–Crippen MR) is 110 cm³/mol. The van der Waals surface area contributed by atoms with Gasteiger partial charge < -0.3 is 15.2 Å². The molecule has 2 aromatic heterocycles. The number of H-pyrrole nitrogens is 1. The number of pyridine rings is 1. The van der Waals surface area contributed by atoms with Crippen molar-refractivity contribution < 1.29 is 9.59 Å². The number of fused-ring (bicyclic) bond motifs is 1. The molecule has 4 rings (SSSR count). The van der Waals surface area contributed by atoms with Gasteiger partial charge in [-0.25, -0.2) is 0 Å². The molecule has 3 heterocycles. The second-order valence-corrected chi connectivity index (χ2v) is 7.08. The summed E-state index contributed by atoms with van der Waals surface area (Å²) in [5, 5.41) is 4.36. The molecule has 0 spiro atoms. The average Bonchev–Trinajstić information content (AvgIpc) is 3.23. The number of aromatic amines is 1. The second-order valence-electron chi connectivity index (χ2n) is 6.72. The lowest BCUT2D eigenvalue weighted by molar-refractivity contribution is -0.130. The molecule has 1 fully saturated rings. The number of thiocarbonyl (C=S) groups is 1. The number of nitrogens with one attached hydrogen (secondary N) is 2. The third kappa shape index (κ3) is 3.46. The van der Waals surface area contributed by atoms with Gasteiger partial charge in [0.25, 0.3) is 5.91 Å². The Hall–Kier alpha value is -3.26. The summed E-state index contributed by atoms with van der Waals surface area (Å²) in [5.41, 5.74) is 2.55. The van der Waals surface area contributed by atoms with Crippen molar-refractivity contribution in [2.45, 2.75) is 19.0 Å². The van der Waals surface area contributed by atoms with Gasteiger partial charge in [-0.15, -0.1) is 0 Å². The van der Waals surface area contributed by atoms with E-state index in [0.717, 1.165) is 16.5 Å². The van der Waals surface area contributed by atoms with Crippen molar-refractivity contribution in [3.8, 4) is 0 Å². The lowest BCUT2D eigenvalue weighted by atomic mass is 10.1. The van der Waals surface area contributed by atoms with Crippen LogP contribution in [0.25, 0.3) is 10.9 Å². The Bertz CT molecular complexity index is 1050. The van der Waals surface area contributed by atoms with Crippen molar-refractivity contribution in [2.24, 2.45) is 0 Å². The molecule has 0 bridgehead atoms. The molecule has 0 saturated carbocycles. The third-order valence-electron chi connectivity index (χ3n) is 4.82. The highest BCUT2D eigenvalue weighted by Gasteiger charge is 2.41. The van der Waals surface area contributed by atoms with E-state index in [-0.39, 0.29) is 18.2 Å². The van der Waals surface area contributed by atoms with Gasteiger partial charge in [-0.1, -0.05) is 12.1 Å². The lowest BCUT2D eigenvalue weighted by Gasteiger charge is -2.23. The molecule has 2 N–H and O–H groups in total. The van der Waals surface area contributed by atoms with Crippen molar-refractivity contribution in [1.82, 2.24) is 19.8 Å². The van der Waals surface area contributed by atoms with E-state index in [1.54, 1.807) is 24.3 Å². The summed E-state index contributed by atoms with van der Waals surface area (Å²) in [7, 11) is 1.64. The Labute approximate surface area is 167 Å². The minimum absolute atomic E-state index is 0.0202. The molecule has 1 saturated heterocycles. The second kappa shape index (κ2) is 7.40. The SMILES string of the molecule is CN1C(=O)C(CC(=O)Nc2ccc3cc[nH]c3c2)N(Cc2cccnc2)C1=S. The number of benzene rings is 1. The number of likely N-dealkylation sites (N-methyl/N-ethyl adjacent to an activating group) is 1. The first-order chi connectivity index (χ1) is 13.5. The normalized spacial score (nSPS) is 16.8. The molecule has 1 aliphatic rings. The molecule has 0 radical (unpaired) electrons. The summed E-state index contributed by atoms with van der Waals surface area (Å²) in [5.74, 6) is -0.414. The maximum absolute atomic E-state index is 12.6. The van der Waals surface area contributed by atoms with Crippen LogP contribution in [0.2, 0.25) is 0 Å². The van der Waals surface area contributed by atoms with Crippen molar-refractivity contribution in [1.29, 1.82) is 0 Å². The monoisotopic (exact) mass is 393 g/mol. The van der Waals surface area contributed by atoms with E-state index in [4.69, 9.17) is 12.2 Å². The number of hydrogen-bond acceptors (Lipinski definition) is 4. The van der Waals surface area contributed by atoms with Crippen LogP contribution in [0.3, 0.4) is 0 Å². The number of hydrogen-bond donors (Lipinski definition) is 2. The number of amides is 2. The first-order valence-corrected chi connectivity index (χ1v) is 9.28. The highest BCUT2D eigenvalue weighted by molar-refractivity contribution is 7.80. The fraction of sp³-hybridized carbons (Fsp3) is 0.200. The van der Waals surface area contributed by atoms with Crippen molar-refractivity contribution >= 4 is 45.7 Å². The van der Waals surface area contributed by atoms with Crippen LogP contribution in [0.1, 0.15) is 12.0 Å². The quantitative estimate of drug-likeness (QED) is 0.651. The minimum atomic E-state index is -0.632. The number of carbonyl (C=O) groups excluding carboxylic acids is 2. The zero-order valence-corrected chi connectivity index (χ0v) is 16.1. The standard InChI is InChI=1S/C20H19N5O2S/c1-24-19(27)17(25(20(24)28)12-13-3-2-7-21-11-13)10-18(26)23-15-5-4-14-6-8-22-16(14)9-15/h2-9,11,17,22H,10,12H2,1H3,(H,23,26). The van der Waals surface area contributed by atoms with E-state index >= 15 is 0 Å². The van der Waals surface area contributed by atoms with Gasteiger partial charge >= 0.3 is 0 Å². The molecule has 7 nitrogen and oxygen atoms in total. The first kappa shape index (κ1) is 18.1. The molecule has 2 amide bonds. The van der Waals surface area contributed by atoms with Gasteiger partial charge in [0.05, 0.1) is 6.42 Å². The Morgan fingerprint density at radius 1 is 1.32 bits per heavy atom. The van der Waals surface area contributed by atoms with Crippen LogP contribution in [-0.4, -0.2) is 49.8 Å². The van der Waals surface area contributed by atoms with E-state index in [2.05, 4.69) is 15.3 Å². The lowest BCUT2D eigenvalue weighted by Crippen LogP contribution is -2.37. The largest absolute Gasteiger partial charge is 0.361 e. The molecular weight excluding hydrogens is 374 g/mol. The number of aromatic nitrogens is 2. The van der Waals surface area contributed by atoms with Crippen LogP contribution >= 0.6 is 12.2 Å². The van der Waals surface area contributed by atoms with Crippen molar-refractivity contribution in [3.63, 3.8) is 0 Å². The molecule has 1 aromatic carbocycles. The van der Waals surface area contributed by atoms with E-state index in [9.17, 15) is 9.59 Å². The zero-order chi connectivity index (χ0) is 19.7. The Morgan fingerprint density at radius 3 is 2.96 bits per heavy atom. The summed E-state index contributed by atoms with van der Waals surface area (Å²) in [6.45, 7) is 0.426. The highest BCUT2D eigenvalue weighted by atomic mass is 32.1. The Morgan fingerprint density at radius 2 is 2.18 bits per heavy atom. The highest BCUT2D eigenvalue weighted by Crippen LogP contribution is 2.23. The van der Waals surface area contributed by atoms with Gasteiger partial charge in [0.1, 0.15) is 6.04 Å². The van der Waals surface area contributed by atoms with E-state index < -0.39 is 6.04 Å². The number of rotatable bonds is 5. The molecule has 1 atom stereocenters. The van der Waals surface area contributed by atoms with Crippen LogP contribution < -0.4 is 5.32 Å². The van der Waals surface area contributed by atoms with Gasteiger partial charge in [-0.2, -0.15) is 0 Å². The number of nitrogens with zero attached hydrogens (tertiary/aromatic N) is 3. The van der Waals surface area contributed by atoms with Gasteiger partial charge in [-0.3, -0.25) is 19.5 Å². The first-order valence-electron chi connectivity index (χ1n) is 8.87. The molecule has 142 valence electrons. The number of carbonyl (C=O) groups is 2. The van der Waals surface area contributed by atoms with Gasteiger partial charge in [0, 0.05) is 43.4 Å². The molecule has 1 unspecified atom stereocenters. The Kier molecular flexibility index (Phi) is 4.79.